The number of fused-ring (bicyclic) bond motifs is 1. The fraction of sp³-hybridized carbons (Fsp3) is 0.211. The maximum atomic E-state index is 13.1. The van der Waals surface area contributed by atoms with Crippen LogP contribution in [0.2, 0.25) is 5.02 Å². The Balaban J connectivity index is 1.48. The Labute approximate surface area is 163 Å². The zero-order valence-electron chi connectivity index (χ0n) is 14.4. The summed E-state index contributed by atoms with van der Waals surface area (Å²) in [6, 6.07) is 8.12. The van der Waals surface area contributed by atoms with E-state index in [1.807, 2.05) is 6.07 Å². The van der Waals surface area contributed by atoms with Gasteiger partial charge in [0.15, 0.2) is 0 Å². The van der Waals surface area contributed by atoms with Crippen LogP contribution in [0.15, 0.2) is 36.7 Å². The molecule has 28 heavy (non-hydrogen) atoms. The van der Waals surface area contributed by atoms with Crippen LogP contribution in [-0.4, -0.2) is 21.9 Å². The van der Waals surface area contributed by atoms with Gasteiger partial charge in [0.25, 0.3) is 0 Å². The highest BCUT2D eigenvalue weighted by molar-refractivity contribution is 6.31. The molecule has 1 fully saturated rings. The van der Waals surface area contributed by atoms with Crippen LogP contribution in [0.1, 0.15) is 30.0 Å². The van der Waals surface area contributed by atoms with Crippen molar-refractivity contribution < 1.29 is 13.6 Å². The second kappa shape index (κ2) is 6.77. The molecule has 1 aliphatic rings. The lowest BCUT2D eigenvalue weighted by atomic mass is 9.77. The number of anilines is 2. The van der Waals surface area contributed by atoms with E-state index < -0.39 is 17.9 Å². The second-order valence-electron chi connectivity index (χ2n) is 6.70. The van der Waals surface area contributed by atoms with Gasteiger partial charge in [0.2, 0.25) is 5.92 Å². The number of alkyl halides is 2. The molecule has 2 aromatic heterocycles. The quantitative estimate of drug-likeness (QED) is 0.559. The van der Waals surface area contributed by atoms with Crippen molar-refractivity contribution in [2.45, 2.75) is 24.7 Å². The van der Waals surface area contributed by atoms with Crippen molar-refractivity contribution in [1.29, 1.82) is 5.26 Å². The molecule has 0 unspecified atom stereocenters. The number of rotatable bonds is 3. The third-order valence-corrected chi connectivity index (χ3v) is 4.90. The summed E-state index contributed by atoms with van der Waals surface area (Å²) in [6.07, 6.45) is 2.37. The first-order valence-electron chi connectivity index (χ1n) is 8.47. The predicted molar refractivity (Wildman–Crippen MR) is 102 cm³/mol. The largest absolute Gasteiger partial charge is 0.359 e. The van der Waals surface area contributed by atoms with E-state index in [1.54, 1.807) is 24.4 Å². The molecule has 9 heteroatoms. The van der Waals surface area contributed by atoms with Gasteiger partial charge in [0.1, 0.15) is 6.07 Å². The van der Waals surface area contributed by atoms with Gasteiger partial charge in [0, 0.05) is 40.9 Å². The van der Waals surface area contributed by atoms with E-state index in [9.17, 15) is 18.8 Å². The van der Waals surface area contributed by atoms with Crippen molar-refractivity contribution in [2.75, 3.05) is 10.6 Å². The van der Waals surface area contributed by atoms with Gasteiger partial charge in [-0.2, -0.15) is 5.26 Å². The summed E-state index contributed by atoms with van der Waals surface area (Å²) in [4.78, 5) is 19.5. The highest BCUT2D eigenvalue weighted by atomic mass is 35.5. The summed E-state index contributed by atoms with van der Waals surface area (Å²) in [7, 11) is 0. The van der Waals surface area contributed by atoms with Gasteiger partial charge in [-0.05, 0) is 24.3 Å². The summed E-state index contributed by atoms with van der Waals surface area (Å²) >= 11 is 5.99. The van der Waals surface area contributed by atoms with Crippen molar-refractivity contribution in [2.24, 2.45) is 0 Å². The molecule has 1 saturated carbocycles. The maximum absolute atomic E-state index is 13.1. The first-order valence-corrected chi connectivity index (χ1v) is 8.85. The second-order valence-corrected chi connectivity index (χ2v) is 7.14. The van der Waals surface area contributed by atoms with Crippen LogP contribution >= 0.6 is 11.6 Å². The van der Waals surface area contributed by atoms with Crippen LogP contribution in [0.25, 0.3) is 10.9 Å². The fourth-order valence-corrected chi connectivity index (χ4v) is 3.47. The van der Waals surface area contributed by atoms with E-state index >= 15 is 0 Å². The molecule has 0 aliphatic heterocycles. The first-order chi connectivity index (χ1) is 13.3. The Morgan fingerprint density at radius 3 is 2.82 bits per heavy atom. The minimum Gasteiger partial charge on any atom is -0.359 e. The molecule has 3 N–H and O–H groups in total. The molecule has 1 aromatic carbocycles. The molecule has 0 atom stereocenters. The number of nitrogens with one attached hydrogen (secondary N) is 3. The molecule has 142 valence electrons. The molecule has 2 heterocycles. The molecule has 6 nitrogen and oxygen atoms in total. The van der Waals surface area contributed by atoms with E-state index in [4.69, 9.17) is 11.6 Å². The van der Waals surface area contributed by atoms with Gasteiger partial charge in [-0.15, -0.1) is 0 Å². The Hall–Kier alpha value is -3.18. The molecule has 3 aromatic rings. The van der Waals surface area contributed by atoms with E-state index in [1.165, 1.54) is 12.3 Å². The van der Waals surface area contributed by atoms with Gasteiger partial charge in [-0.25, -0.2) is 13.6 Å². The molecular formula is C19H14ClF2N5O. The number of nitriles is 1. The van der Waals surface area contributed by atoms with Crippen molar-refractivity contribution in [3.63, 3.8) is 0 Å². The van der Waals surface area contributed by atoms with Gasteiger partial charge in [0.05, 0.1) is 28.8 Å². The average molecular weight is 402 g/mol. The van der Waals surface area contributed by atoms with Crippen LogP contribution in [0.5, 0.6) is 0 Å². The summed E-state index contributed by atoms with van der Waals surface area (Å²) in [5.74, 6) is -3.14. The average Bonchev–Trinajstić information content (AvgIpc) is 3.01. The zero-order chi connectivity index (χ0) is 19.9. The minimum absolute atomic E-state index is 0.178. The number of H-pyrrole nitrogens is 1. The number of pyridine rings is 1. The molecule has 2 amide bonds. The SMILES string of the molecule is N#Cc1cc(NC(=O)Nc2c[nH]c3ccc(Cl)cc23)cnc1C1CC(F)(F)C1. The van der Waals surface area contributed by atoms with Crippen LogP contribution in [-0.2, 0) is 0 Å². The number of nitrogens with zero attached hydrogens (tertiary/aromatic N) is 2. The molecule has 4 rings (SSSR count). The number of hydrogen-bond acceptors (Lipinski definition) is 3. The zero-order valence-corrected chi connectivity index (χ0v) is 15.1. The molecule has 0 radical (unpaired) electrons. The number of aromatic amines is 1. The first kappa shape index (κ1) is 18.2. The van der Waals surface area contributed by atoms with Crippen molar-refractivity contribution >= 4 is 39.9 Å². The Morgan fingerprint density at radius 2 is 2.11 bits per heavy atom. The van der Waals surface area contributed by atoms with E-state index in [0.717, 1.165) is 10.9 Å². The normalized spacial score (nSPS) is 15.6. The number of hydrogen-bond donors (Lipinski definition) is 3. The molecular weight excluding hydrogens is 388 g/mol. The number of urea groups is 1. The van der Waals surface area contributed by atoms with Gasteiger partial charge in [-0.1, -0.05) is 11.6 Å². The number of aromatic nitrogens is 2. The topological polar surface area (TPSA) is 93.6 Å². The van der Waals surface area contributed by atoms with Gasteiger partial charge >= 0.3 is 6.03 Å². The van der Waals surface area contributed by atoms with Gasteiger partial charge < -0.3 is 15.6 Å². The monoisotopic (exact) mass is 401 g/mol. The number of benzene rings is 1. The standard InChI is InChI=1S/C19H14ClF2N5O/c20-12-1-2-15-14(4-12)16(9-24-15)27-18(28)26-13-3-10(7-23)17(25-8-13)11-5-19(21,22)6-11/h1-4,8-9,11,24H,5-6H2,(H2,26,27,28). The number of amides is 2. The third kappa shape index (κ3) is 3.49. The van der Waals surface area contributed by atoms with Crippen LogP contribution < -0.4 is 10.6 Å². The smallest absolute Gasteiger partial charge is 0.323 e. The maximum Gasteiger partial charge on any atom is 0.323 e. The minimum atomic E-state index is -2.70. The summed E-state index contributed by atoms with van der Waals surface area (Å²) in [6.45, 7) is 0. The lowest BCUT2D eigenvalue weighted by Crippen LogP contribution is -2.34. The Morgan fingerprint density at radius 1 is 1.32 bits per heavy atom. The lowest BCUT2D eigenvalue weighted by molar-refractivity contribution is -0.0876. The summed E-state index contributed by atoms with van der Waals surface area (Å²) in [5, 5.41) is 15.9. The lowest BCUT2D eigenvalue weighted by Gasteiger charge is -2.34. The number of halogens is 3. The Bertz CT molecular complexity index is 1110. The summed E-state index contributed by atoms with van der Waals surface area (Å²) in [5.41, 5.74) is 2.16. The third-order valence-electron chi connectivity index (χ3n) is 4.67. The number of carbonyl (C=O) groups excluding carboxylic acids is 1. The highest BCUT2D eigenvalue weighted by Crippen LogP contribution is 2.48. The number of carbonyl (C=O) groups is 1. The van der Waals surface area contributed by atoms with E-state index in [2.05, 4.69) is 20.6 Å². The summed E-state index contributed by atoms with van der Waals surface area (Å²) < 4.78 is 26.2. The molecule has 0 saturated heterocycles. The van der Waals surface area contributed by atoms with E-state index in [0.29, 0.717) is 22.1 Å². The Kier molecular flexibility index (Phi) is 4.40. The highest BCUT2D eigenvalue weighted by Gasteiger charge is 2.47. The van der Waals surface area contributed by atoms with E-state index in [-0.39, 0.29) is 18.4 Å². The van der Waals surface area contributed by atoms with Crippen molar-refractivity contribution in [3.05, 3.63) is 52.9 Å². The van der Waals surface area contributed by atoms with Crippen LogP contribution in [0.3, 0.4) is 0 Å². The molecule has 0 bridgehead atoms. The van der Waals surface area contributed by atoms with Crippen molar-refractivity contribution in [1.82, 2.24) is 9.97 Å². The van der Waals surface area contributed by atoms with Crippen LogP contribution in [0, 0.1) is 11.3 Å². The molecule has 0 spiro atoms. The predicted octanol–water partition coefficient (Wildman–Crippen LogP) is 5.24. The van der Waals surface area contributed by atoms with Gasteiger partial charge in [-0.3, -0.25) is 4.98 Å². The fourth-order valence-electron chi connectivity index (χ4n) is 3.29. The molecule has 1 aliphatic carbocycles. The van der Waals surface area contributed by atoms with Crippen molar-refractivity contribution in [3.8, 4) is 6.07 Å². The van der Waals surface area contributed by atoms with Crippen LogP contribution in [0.4, 0.5) is 25.0 Å².